The maximum absolute atomic E-state index is 12.3. The van der Waals surface area contributed by atoms with Crippen molar-refractivity contribution in [3.05, 3.63) is 53.9 Å². The lowest BCUT2D eigenvalue weighted by Crippen LogP contribution is -2.29. The van der Waals surface area contributed by atoms with E-state index in [0.29, 0.717) is 23.5 Å². The van der Waals surface area contributed by atoms with Crippen LogP contribution in [0.25, 0.3) is 0 Å². The Balaban J connectivity index is 2.01. The summed E-state index contributed by atoms with van der Waals surface area (Å²) in [6, 6.07) is 8.80. The summed E-state index contributed by atoms with van der Waals surface area (Å²) in [6.45, 7) is 0.623. The van der Waals surface area contributed by atoms with Crippen molar-refractivity contribution < 1.29 is 4.79 Å². The number of nitrogen functional groups attached to an aromatic ring is 2. The first kappa shape index (κ1) is 13.9. The number of pyridine rings is 1. The molecule has 2 rings (SSSR count). The Morgan fingerprint density at radius 1 is 1.15 bits per heavy atom. The molecule has 0 fully saturated rings. The standard InChI is InChI=1S/C15H18N4O/c1-19(7-4-11-2-5-18-6-3-11)15(20)12-8-13(16)10-14(17)9-12/h2-3,5-6,8-10H,4,7,16-17H2,1H3. The fourth-order valence-electron chi connectivity index (χ4n) is 1.97. The molecule has 5 nitrogen and oxygen atoms in total. The number of amides is 1. The van der Waals surface area contributed by atoms with Crippen LogP contribution in [0.2, 0.25) is 0 Å². The number of nitrogens with zero attached hydrogens (tertiary/aromatic N) is 2. The van der Waals surface area contributed by atoms with Crippen LogP contribution in [0, 0.1) is 0 Å². The summed E-state index contributed by atoms with van der Waals surface area (Å²) in [7, 11) is 1.77. The molecular weight excluding hydrogens is 252 g/mol. The van der Waals surface area contributed by atoms with Gasteiger partial charge in [0, 0.05) is 42.9 Å². The van der Waals surface area contributed by atoms with Gasteiger partial charge in [0.25, 0.3) is 5.91 Å². The van der Waals surface area contributed by atoms with Crippen LogP contribution in [0.5, 0.6) is 0 Å². The van der Waals surface area contributed by atoms with Crippen LogP contribution >= 0.6 is 0 Å². The van der Waals surface area contributed by atoms with E-state index in [4.69, 9.17) is 11.5 Å². The van der Waals surface area contributed by atoms with E-state index in [9.17, 15) is 4.79 Å². The van der Waals surface area contributed by atoms with E-state index in [1.807, 2.05) is 12.1 Å². The molecule has 1 aromatic heterocycles. The summed E-state index contributed by atoms with van der Waals surface area (Å²) in [6.07, 6.45) is 4.27. The zero-order valence-corrected chi connectivity index (χ0v) is 11.4. The van der Waals surface area contributed by atoms with Crippen LogP contribution in [-0.2, 0) is 6.42 Å². The third-order valence-electron chi connectivity index (χ3n) is 3.06. The van der Waals surface area contributed by atoms with E-state index >= 15 is 0 Å². The Kier molecular flexibility index (Phi) is 4.20. The maximum atomic E-state index is 12.3. The van der Waals surface area contributed by atoms with Gasteiger partial charge in [-0.05, 0) is 42.3 Å². The van der Waals surface area contributed by atoms with Crippen LogP contribution in [0.3, 0.4) is 0 Å². The number of benzene rings is 1. The Bertz CT molecular complexity index is 578. The molecule has 20 heavy (non-hydrogen) atoms. The highest BCUT2D eigenvalue weighted by atomic mass is 16.2. The van der Waals surface area contributed by atoms with Gasteiger partial charge in [-0.3, -0.25) is 9.78 Å². The highest BCUT2D eigenvalue weighted by Gasteiger charge is 2.12. The predicted octanol–water partition coefficient (Wildman–Crippen LogP) is 1.56. The molecule has 2 aromatic rings. The van der Waals surface area contributed by atoms with Gasteiger partial charge in [-0.1, -0.05) is 0 Å². The van der Waals surface area contributed by atoms with Gasteiger partial charge in [0.15, 0.2) is 0 Å². The zero-order chi connectivity index (χ0) is 14.5. The number of anilines is 2. The minimum atomic E-state index is -0.0851. The summed E-state index contributed by atoms with van der Waals surface area (Å²) >= 11 is 0. The smallest absolute Gasteiger partial charge is 0.253 e. The Morgan fingerprint density at radius 3 is 2.35 bits per heavy atom. The normalized spacial score (nSPS) is 10.2. The quantitative estimate of drug-likeness (QED) is 0.826. The molecule has 0 radical (unpaired) electrons. The number of carbonyl (C=O) groups excluding carboxylic acids is 1. The first-order valence-electron chi connectivity index (χ1n) is 6.36. The molecule has 0 spiro atoms. The van der Waals surface area contributed by atoms with E-state index < -0.39 is 0 Å². The third-order valence-corrected chi connectivity index (χ3v) is 3.06. The molecule has 0 saturated carbocycles. The Labute approximate surface area is 118 Å². The molecule has 0 aliphatic heterocycles. The topological polar surface area (TPSA) is 85.2 Å². The van der Waals surface area contributed by atoms with Gasteiger partial charge in [0.05, 0.1) is 0 Å². The molecule has 0 unspecified atom stereocenters. The lowest BCUT2D eigenvalue weighted by molar-refractivity contribution is 0.0796. The van der Waals surface area contributed by atoms with Gasteiger partial charge in [0.2, 0.25) is 0 Å². The van der Waals surface area contributed by atoms with Crippen LogP contribution in [0.15, 0.2) is 42.7 Å². The van der Waals surface area contributed by atoms with E-state index in [2.05, 4.69) is 4.98 Å². The van der Waals surface area contributed by atoms with Crippen molar-refractivity contribution in [2.24, 2.45) is 0 Å². The van der Waals surface area contributed by atoms with E-state index in [-0.39, 0.29) is 5.91 Å². The van der Waals surface area contributed by atoms with E-state index in [1.165, 1.54) is 0 Å². The zero-order valence-electron chi connectivity index (χ0n) is 11.4. The Hall–Kier alpha value is -2.56. The van der Waals surface area contributed by atoms with Crippen molar-refractivity contribution in [3.8, 4) is 0 Å². The molecule has 0 saturated heterocycles. The minimum Gasteiger partial charge on any atom is -0.399 e. The molecule has 0 aliphatic carbocycles. The van der Waals surface area contributed by atoms with Gasteiger partial charge < -0.3 is 16.4 Å². The summed E-state index contributed by atoms with van der Waals surface area (Å²) in [5.74, 6) is -0.0851. The van der Waals surface area contributed by atoms with Crippen molar-refractivity contribution in [1.29, 1.82) is 0 Å². The molecular formula is C15H18N4O. The number of nitrogens with two attached hydrogens (primary N) is 2. The van der Waals surface area contributed by atoms with E-state index in [0.717, 1.165) is 12.0 Å². The summed E-state index contributed by atoms with van der Waals surface area (Å²) in [5, 5.41) is 0. The monoisotopic (exact) mass is 270 g/mol. The number of carbonyl (C=O) groups is 1. The van der Waals surface area contributed by atoms with E-state index in [1.54, 1.807) is 42.5 Å². The van der Waals surface area contributed by atoms with Crippen LogP contribution in [0.4, 0.5) is 11.4 Å². The lowest BCUT2D eigenvalue weighted by atomic mass is 10.1. The lowest BCUT2D eigenvalue weighted by Gasteiger charge is -2.17. The van der Waals surface area contributed by atoms with Crippen molar-refractivity contribution in [1.82, 2.24) is 9.88 Å². The van der Waals surface area contributed by atoms with Crippen LogP contribution in [-0.4, -0.2) is 29.4 Å². The molecule has 5 heteroatoms. The second-order valence-electron chi connectivity index (χ2n) is 4.72. The van der Waals surface area contributed by atoms with Gasteiger partial charge in [-0.2, -0.15) is 0 Å². The highest BCUT2D eigenvalue weighted by molar-refractivity contribution is 5.96. The van der Waals surface area contributed by atoms with Crippen molar-refractivity contribution in [2.45, 2.75) is 6.42 Å². The molecule has 0 bridgehead atoms. The fraction of sp³-hybridized carbons (Fsp3) is 0.200. The van der Waals surface area contributed by atoms with Crippen molar-refractivity contribution in [3.63, 3.8) is 0 Å². The van der Waals surface area contributed by atoms with Crippen LogP contribution < -0.4 is 11.5 Å². The first-order chi connectivity index (χ1) is 9.56. The second-order valence-corrected chi connectivity index (χ2v) is 4.72. The molecule has 1 heterocycles. The highest BCUT2D eigenvalue weighted by Crippen LogP contribution is 2.15. The third kappa shape index (κ3) is 3.47. The summed E-state index contributed by atoms with van der Waals surface area (Å²) < 4.78 is 0. The average molecular weight is 270 g/mol. The Morgan fingerprint density at radius 2 is 1.75 bits per heavy atom. The molecule has 1 amide bonds. The SMILES string of the molecule is CN(CCc1ccncc1)C(=O)c1cc(N)cc(N)c1. The van der Waals surface area contributed by atoms with Crippen LogP contribution in [0.1, 0.15) is 15.9 Å². The number of aromatic nitrogens is 1. The minimum absolute atomic E-state index is 0.0851. The van der Waals surface area contributed by atoms with Crippen molar-refractivity contribution in [2.75, 3.05) is 25.1 Å². The molecule has 104 valence electrons. The maximum Gasteiger partial charge on any atom is 0.253 e. The average Bonchev–Trinajstić information content (AvgIpc) is 2.44. The van der Waals surface area contributed by atoms with Gasteiger partial charge in [-0.15, -0.1) is 0 Å². The van der Waals surface area contributed by atoms with Crippen molar-refractivity contribution >= 4 is 17.3 Å². The summed E-state index contributed by atoms with van der Waals surface area (Å²) in [4.78, 5) is 17.9. The number of rotatable bonds is 4. The fourth-order valence-corrected chi connectivity index (χ4v) is 1.97. The van der Waals surface area contributed by atoms with Gasteiger partial charge in [0.1, 0.15) is 0 Å². The van der Waals surface area contributed by atoms with Gasteiger partial charge >= 0.3 is 0 Å². The number of hydrogen-bond donors (Lipinski definition) is 2. The first-order valence-corrected chi connectivity index (χ1v) is 6.36. The summed E-state index contributed by atoms with van der Waals surface area (Å²) in [5.41, 5.74) is 14.1. The molecule has 0 atom stereocenters. The number of hydrogen-bond acceptors (Lipinski definition) is 4. The molecule has 1 aromatic carbocycles. The van der Waals surface area contributed by atoms with Gasteiger partial charge in [-0.25, -0.2) is 0 Å². The number of likely N-dealkylation sites (N-methyl/N-ethyl adjacent to an activating group) is 1. The molecule has 4 N–H and O–H groups in total. The molecule has 0 aliphatic rings. The predicted molar refractivity (Wildman–Crippen MR) is 80.2 cm³/mol. The largest absolute Gasteiger partial charge is 0.399 e. The second kappa shape index (κ2) is 6.06.